The van der Waals surface area contributed by atoms with Gasteiger partial charge in [-0.2, -0.15) is 4.31 Å². The molecule has 2 aromatic rings. The molecule has 2 aliphatic heterocycles. The van der Waals surface area contributed by atoms with E-state index in [1.807, 2.05) is 11.0 Å². The predicted octanol–water partition coefficient (Wildman–Crippen LogP) is 3.55. The highest BCUT2D eigenvalue weighted by molar-refractivity contribution is 7.88. The highest BCUT2D eigenvalue weighted by Gasteiger charge is 2.34. The van der Waals surface area contributed by atoms with E-state index in [0.717, 1.165) is 31.6 Å². The summed E-state index contributed by atoms with van der Waals surface area (Å²) in [6.45, 7) is 12.4. The van der Waals surface area contributed by atoms with Crippen LogP contribution in [0.15, 0.2) is 54.6 Å². The molecule has 3 atom stereocenters. The Bertz CT molecular complexity index is 1150. The molecule has 0 saturated carbocycles. The van der Waals surface area contributed by atoms with Gasteiger partial charge in [-0.25, -0.2) is 8.42 Å². The van der Waals surface area contributed by atoms with Crippen molar-refractivity contribution in [2.75, 3.05) is 45.5 Å². The highest BCUT2D eigenvalue weighted by Crippen LogP contribution is 2.31. The standard InChI is InChI=1S/C29H42N4O3S/c1-22(2)32-18-16-31(37(5,35)36)21-29(32)27-13-11-25(12-14-27)19-23(3)33-17-15-30(24(4)34)20-28(33)26-9-7-6-8-10-26/h6-14,22-23,28-29H,15-21H2,1-5H3/t23?,28-,29-/m0/s1. The van der Waals surface area contributed by atoms with Crippen LogP contribution in [0.4, 0.5) is 0 Å². The van der Waals surface area contributed by atoms with E-state index in [0.29, 0.717) is 31.7 Å². The smallest absolute Gasteiger partial charge is 0.219 e. The molecule has 4 rings (SSSR count). The number of carbonyl (C=O) groups excluding carboxylic acids is 1. The van der Waals surface area contributed by atoms with Gasteiger partial charge in [-0.3, -0.25) is 14.6 Å². The van der Waals surface area contributed by atoms with Crippen molar-refractivity contribution in [3.05, 3.63) is 71.3 Å². The van der Waals surface area contributed by atoms with Crippen molar-refractivity contribution in [3.63, 3.8) is 0 Å². The Labute approximate surface area is 223 Å². The molecule has 2 heterocycles. The molecule has 2 saturated heterocycles. The van der Waals surface area contributed by atoms with Crippen molar-refractivity contribution in [1.29, 1.82) is 0 Å². The summed E-state index contributed by atoms with van der Waals surface area (Å²) in [4.78, 5) is 19.0. The molecule has 0 aromatic heterocycles. The van der Waals surface area contributed by atoms with E-state index in [2.05, 4.69) is 79.1 Å². The van der Waals surface area contributed by atoms with Crippen LogP contribution in [-0.4, -0.2) is 90.9 Å². The maximum absolute atomic E-state index is 12.2. The van der Waals surface area contributed by atoms with Crippen molar-refractivity contribution in [2.24, 2.45) is 0 Å². The number of hydrogen-bond acceptors (Lipinski definition) is 5. The van der Waals surface area contributed by atoms with Crippen LogP contribution in [0.25, 0.3) is 0 Å². The fourth-order valence-corrected chi connectivity index (χ4v) is 6.73. The van der Waals surface area contributed by atoms with Crippen LogP contribution in [0.2, 0.25) is 0 Å². The molecule has 1 amide bonds. The fraction of sp³-hybridized carbons (Fsp3) is 0.552. The van der Waals surface area contributed by atoms with E-state index >= 15 is 0 Å². The molecule has 37 heavy (non-hydrogen) atoms. The number of hydrogen-bond donors (Lipinski definition) is 0. The Kier molecular flexibility index (Phi) is 8.74. The highest BCUT2D eigenvalue weighted by atomic mass is 32.2. The SMILES string of the molecule is CC(=O)N1CCN(C(C)Cc2ccc([C@@H]3CN(S(C)(=O)=O)CCN3C(C)C)cc2)[C@H](c2ccccc2)C1. The molecule has 202 valence electrons. The first kappa shape index (κ1) is 27.8. The van der Waals surface area contributed by atoms with E-state index in [9.17, 15) is 13.2 Å². The van der Waals surface area contributed by atoms with Gasteiger partial charge in [0.1, 0.15) is 0 Å². The number of rotatable bonds is 7. The third-order valence-electron chi connectivity index (χ3n) is 8.03. The van der Waals surface area contributed by atoms with Gasteiger partial charge in [-0.15, -0.1) is 0 Å². The monoisotopic (exact) mass is 526 g/mol. The summed E-state index contributed by atoms with van der Waals surface area (Å²) in [7, 11) is -3.21. The van der Waals surface area contributed by atoms with Crippen LogP contribution in [-0.2, 0) is 21.2 Å². The molecular formula is C29H42N4O3S. The first-order valence-corrected chi connectivity index (χ1v) is 15.3. The van der Waals surface area contributed by atoms with E-state index in [-0.39, 0.29) is 18.0 Å². The topological polar surface area (TPSA) is 64.2 Å². The largest absolute Gasteiger partial charge is 0.340 e. The van der Waals surface area contributed by atoms with Gasteiger partial charge in [0.15, 0.2) is 0 Å². The molecule has 0 aliphatic carbocycles. The number of amides is 1. The minimum Gasteiger partial charge on any atom is -0.340 e. The number of nitrogens with zero attached hydrogens (tertiary/aromatic N) is 4. The Balaban J connectivity index is 1.49. The molecule has 0 spiro atoms. The van der Waals surface area contributed by atoms with Gasteiger partial charge in [-0.05, 0) is 43.9 Å². The van der Waals surface area contributed by atoms with Crippen molar-refractivity contribution in [2.45, 2.75) is 58.3 Å². The molecule has 8 heteroatoms. The summed E-state index contributed by atoms with van der Waals surface area (Å²) in [6.07, 6.45) is 2.22. The Morgan fingerprint density at radius 2 is 1.43 bits per heavy atom. The van der Waals surface area contributed by atoms with E-state index in [1.54, 1.807) is 11.2 Å². The Morgan fingerprint density at radius 3 is 2.03 bits per heavy atom. The van der Waals surface area contributed by atoms with Crippen LogP contribution < -0.4 is 0 Å². The summed E-state index contributed by atoms with van der Waals surface area (Å²) in [5.41, 5.74) is 3.68. The van der Waals surface area contributed by atoms with Crippen molar-refractivity contribution >= 4 is 15.9 Å². The number of sulfonamides is 1. The Morgan fingerprint density at radius 1 is 0.838 bits per heavy atom. The maximum atomic E-state index is 12.2. The van der Waals surface area contributed by atoms with Crippen LogP contribution >= 0.6 is 0 Å². The maximum Gasteiger partial charge on any atom is 0.219 e. The van der Waals surface area contributed by atoms with Crippen LogP contribution in [0.3, 0.4) is 0 Å². The van der Waals surface area contributed by atoms with Crippen molar-refractivity contribution < 1.29 is 13.2 Å². The van der Waals surface area contributed by atoms with Gasteiger partial charge < -0.3 is 4.90 Å². The van der Waals surface area contributed by atoms with Crippen LogP contribution in [0.5, 0.6) is 0 Å². The lowest BCUT2D eigenvalue weighted by Crippen LogP contribution is -2.53. The van der Waals surface area contributed by atoms with Gasteiger partial charge in [0, 0.05) is 64.3 Å². The van der Waals surface area contributed by atoms with E-state index in [4.69, 9.17) is 0 Å². The van der Waals surface area contributed by atoms with Crippen molar-refractivity contribution in [1.82, 2.24) is 19.0 Å². The lowest BCUT2D eigenvalue weighted by atomic mass is 9.96. The zero-order valence-corrected chi connectivity index (χ0v) is 23.7. The van der Waals surface area contributed by atoms with Gasteiger partial charge in [0.05, 0.1) is 12.3 Å². The van der Waals surface area contributed by atoms with Crippen LogP contribution in [0, 0.1) is 0 Å². The molecule has 0 N–H and O–H groups in total. The average Bonchev–Trinajstić information content (AvgIpc) is 2.88. The minimum atomic E-state index is -3.21. The molecule has 1 unspecified atom stereocenters. The molecule has 7 nitrogen and oxygen atoms in total. The van der Waals surface area contributed by atoms with Crippen LogP contribution in [0.1, 0.15) is 56.5 Å². The predicted molar refractivity (Wildman–Crippen MR) is 149 cm³/mol. The third-order valence-corrected chi connectivity index (χ3v) is 9.30. The molecular weight excluding hydrogens is 484 g/mol. The first-order valence-electron chi connectivity index (χ1n) is 13.4. The van der Waals surface area contributed by atoms with Crippen molar-refractivity contribution in [3.8, 4) is 0 Å². The zero-order valence-electron chi connectivity index (χ0n) is 22.9. The zero-order chi connectivity index (χ0) is 26.7. The second-order valence-electron chi connectivity index (χ2n) is 10.9. The summed E-state index contributed by atoms with van der Waals surface area (Å²) >= 11 is 0. The Hall–Kier alpha value is -2.26. The second kappa shape index (κ2) is 11.6. The van der Waals surface area contributed by atoms with E-state index in [1.165, 1.54) is 17.4 Å². The normalized spacial score (nSPS) is 23.4. The first-order chi connectivity index (χ1) is 17.5. The van der Waals surface area contributed by atoms with Gasteiger partial charge >= 0.3 is 0 Å². The second-order valence-corrected chi connectivity index (χ2v) is 12.9. The van der Waals surface area contributed by atoms with Gasteiger partial charge in [0.2, 0.25) is 15.9 Å². The third kappa shape index (κ3) is 6.60. The summed E-state index contributed by atoms with van der Waals surface area (Å²) < 4.78 is 26.1. The number of benzene rings is 2. The van der Waals surface area contributed by atoms with E-state index < -0.39 is 10.0 Å². The number of carbonyl (C=O) groups is 1. The van der Waals surface area contributed by atoms with Gasteiger partial charge in [-0.1, -0.05) is 54.6 Å². The molecule has 2 aliphatic rings. The lowest BCUT2D eigenvalue weighted by molar-refractivity contribution is -0.132. The quantitative estimate of drug-likeness (QED) is 0.552. The summed E-state index contributed by atoms with van der Waals surface area (Å²) in [5.74, 6) is 0.136. The molecule has 2 aromatic carbocycles. The fourth-order valence-electron chi connectivity index (χ4n) is 5.90. The molecule has 2 fully saturated rings. The summed E-state index contributed by atoms with van der Waals surface area (Å²) in [6, 6.07) is 20.1. The average molecular weight is 527 g/mol. The van der Waals surface area contributed by atoms with Gasteiger partial charge in [0.25, 0.3) is 0 Å². The minimum absolute atomic E-state index is 0.0528. The lowest BCUT2D eigenvalue weighted by Gasteiger charge is -2.44. The summed E-state index contributed by atoms with van der Waals surface area (Å²) in [5, 5.41) is 0. The molecule has 0 radical (unpaired) electrons. The molecule has 0 bridgehead atoms. The number of piperazine rings is 2.